The summed E-state index contributed by atoms with van der Waals surface area (Å²) in [5.41, 5.74) is 2.94. The summed E-state index contributed by atoms with van der Waals surface area (Å²) in [7, 11) is 2.48. The van der Waals surface area contributed by atoms with Gasteiger partial charge < -0.3 is 18.8 Å². The number of hydrogen-bond donors (Lipinski definition) is 0. The number of carbonyl (C=O) groups is 4. The molecular formula is C24H24N2O7S. The van der Waals surface area contributed by atoms with E-state index in [-0.39, 0.29) is 16.9 Å². The molecule has 2 heterocycles. The first-order valence-electron chi connectivity index (χ1n) is 10.2. The minimum atomic E-state index is -0.619. The van der Waals surface area contributed by atoms with Gasteiger partial charge in [-0.3, -0.25) is 4.79 Å². The molecule has 0 fully saturated rings. The van der Waals surface area contributed by atoms with Crippen molar-refractivity contribution in [1.29, 1.82) is 0 Å². The smallest absolute Gasteiger partial charge is 0.350 e. The predicted molar refractivity (Wildman–Crippen MR) is 124 cm³/mol. The number of carbonyl (C=O) groups excluding carboxylic acids is 4. The van der Waals surface area contributed by atoms with Crippen molar-refractivity contribution in [2.24, 2.45) is 0 Å². The van der Waals surface area contributed by atoms with E-state index in [1.807, 2.05) is 0 Å². The van der Waals surface area contributed by atoms with Gasteiger partial charge in [-0.05, 0) is 52.0 Å². The number of hydrogen-bond acceptors (Lipinski definition) is 9. The van der Waals surface area contributed by atoms with Gasteiger partial charge >= 0.3 is 17.9 Å². The zero-order chi connectivity index (χ0) is 25.2. The van der Waals surface area contributed by atoms with E-state index < -0.39 is 24.5 Å². The number of nitrogens with zero attached hydrogens (tertiary/aromatic N) is 2. The van der Waals surface area contributed by atoms with E-state index in [0.29, 0.717) is 33.2 Å². The highest BCUT2D eigenvalue weighted by molar-refractivity contribution is 7.13. The maximum absolute atomic E-state index is 12.9. The molecule has 0 aliphatic heterocycles. The van der Waals surface area contributed by atoms with E-state index in [0.717, 1.165) is 5.01 Å². The molecule has 0 saturated heterocycles. The molecule has 0 aliphatic rings. The van der Waals surface area contributed by atoms with E-state index in [9.17, 15) is 19.2 Å². The number of thiazole rings is 1. The fraction of sp³-hybridized carbons (Fsp3) is 0.292. The summed E-state index contributed by atoms with van der Waals surface area (Å²) in [6, 6.07) is 6.16. The number of aromatic nitrogens is 2. The fourth-order valence-electron chi connectivity index (χ4n) is 3.65. The summed E-state index contributed by atoms with van der Waals surface area (Å²) < 4.78 is 16.5. The van der Waals surface area contributed by atoms with Crippen LogP contribution < -0.4 is 0 Å². The van der Waals surface area contributed by atoms with Crippen molar-refractivity contribution >= 4 is 35.0 Å². The minimum Gasteiger partial charge on any atom is -0.465 e. The van der Waals surface area contributed by atoms with Gasteiger partial charge in [-0.15, -0.1) is 11.3 Å². The number of methoxy groups -OCH3 is 2. The Morgan fingerprint density at radius 1 is 0.882 bits per heavy atom. The predicted octanol–water partition coefficient (Wildman–Crippen LogP) is 3.78. The van der Waals surface area contributed by atoms with Crippen LogP contribution >= 0.6 is 11.3 Å². The van der Waals surface area contributed by atoms with Crippen LogP contribution in [-0.4, -0.2) is 54.1 Å². The van der Waals surface area contributed by atoms with E-state index in [1.165, 1.54) is 31.6 Å². The van der Waals surface area contributed by atoms with E-state index >= 15 is 0 Å². The van der Waals surface area contributed by atoms with Crippen LogP contribution in [0, 0.1) is 27.7 Å². The SMILES string of the molecule is COC(=O)c1cc(C(=O)OC)cc(-n2c(C)cc(C(=O)COC(=O)c3sc(C)nc3C)c2C)c1. The molecule has 0 aliphatic carbocycles. The molecule has 178 valence electrons. The first-order chi connectivity index (χ1) is 16.1. The van der Waals surface area contributed by atoms with Gasteiger partial charge in [-0.1, -0.05) is 0 Å². The molecular weight excluding hydrogens is 460 g/mol. The second-order valence-corrected chi connectivity index (χ2v) is 8.72. The van der Waals surface area contributed by atoms with Gasteiger partial charge in [-0.2, -0.15) is 0 Å². The van der Waals surface area contributed by atoms with E-state index in [4.69, 9.17) is 14.2 Å². The highest BCUT2D eigenvalue weighted by atomic mass is 32.1. The monoisotopic (exact) mass is 484 g/mol. The maximum atomic E-state index is 12.9. The van der Waals surface area contributed by atoms with Crippen molar-refractivity contribution in [3.8, 4) is 5.69 Å². The number of Topliss-reactive ketones (excluding diaryl/α,β-unsaturated/α-hetero) is 1. The molecule has 0 spiro atoms. The zero-order valence-corrected chi connectivity index (χ0v) is 20.5. The summed E-state index contributed by atoms with van der Waals surface area (Å²) in [5.74, 6) is -2.22. The van der Waals surface area contributed by atoms with Crippen LogP contribution in [0.1, 0.15) is 62.8 Å². The lowest BCUT2D eigenvalue weighted by Gasteiger charge is -2.13. The zero-order valence-electron chi connectivity index (χ0n) is 19.7. The molecule has 0 bridgehead atoms. The molecule has 9 nitrogen and oxygen atoms in total. The topological polar surface area (TPSA) is 114 Å². The van der Waals surface area contributed by atoms with Gasteiger partial charge in [0.2, 0.25) is 5.78 Å². The van der Waals surface area contributed by atoms with Crippen LogP contribution in [0.15, 0.2) is 24.3 Å². The highest BCUT2D eigenvalue weighted by Gasteiger charge is 2.22. The molecule has 2 aromatic heterocycles. The molecule has 0 saturated carbocycles. The van der Waals surface area contributed by atoms with E-state index in [2.05, 4.69) is 4.98 Å². The largest absolute Gasteiger partial charge is 0.465 e. The molecule has 0 atom stereocenters. The minimum absolute atomic E-state index is 0.157. The van der Waals surface area contributed by atoms with Crippen LogP contribution in [0.25, 0.3) is 5.69 Å². The lowest BCUT2D eigenvalue weighted by Crippen LogP contribution is -2.15. The van der Waals surface area contributed by atoms with Gasteiger partial charge in [0.05, 0.1) is 36.0 Å². The lowest BCUT2D eigenvalue weighted by atomic mass is 10.1. The average Bonchev–Trinajstić information content (AvgIpc) is 3.32. The molecule has 0 radical (unpaired) electrons. The molecule has 3 aromatic rings. The quantitative estimate of drug-likeness (QED) is 0.283. The van der Waals surface area contributed by atoms with Crippen LogP contribution in [0.3, 0.4) is 0 Å². The Hall–Kier alpha value is -3.79. The van der Waals surface area contributed by atoms with Crippen molar-refractivity contribution in [2.75, 3.05) is 20.8 Å². The standard InChI is InChI=1S/C24H24N2O7S/c1-12-7-19(20(27)11-33-24(30)21-13(2)25-15(4)34-21)14(3)26(12)18-9-16(22(28)31-5)8-17(10-18)23(29)32-6/h7-10H,11H2,1-6H3. The Balaban J connectivity index is 1.92. The molecule has 0 amide bonds. The van der Waals surface area contributed by atoms with E-state index in [1.54, 1.807) is 50.5 Å². The molecule has 10 heteroatoms. The lowest BCUT2D eigenvalue weighted by molar-refractivity contribution is 0.0478. The molecule has 34 heavy (non-hydrogen) atoms. The number of esters is 3. The van der Waals surface area contributed by atoms with Crippen molar-refractivity contribution in [1.82, 2.24) is 9.55 Å². The van der Waals surface area contributed by atoms with Crippen LogP contribution in [0.4, 0.5) is 0 Å². The first-order valence-corrected chi connectivity index (χ1v) is 11.0. The fourth-order valence-corrected chi connectivity index (χ4v) is 4.46. The highest BCUT2D eigenvalue weighted by Crippen LogP contribution is 2.25. The van der Waals surface area contributed by atoms with Crippen molar-refractivity contribution < 1.29 is 33.4 Å². The number of ketones is 1. The Kier molecular flexibility index (Phi) is 7.31. The number of aryl methyl sites for hydroxylation is 3. The summed E-state index contributed by atoms with van der Waals surface area (Å²) >= 11 is 1.21. The number of ether oxygens (including phenoxy) is 3. The maximum Gasteiger partial charge on any atom is 0.350 e. The summed E-state index contributed by atoms with van der Waals surface area (Å²) in [5, 5.41) is 0.736. The third-order valence-electron chi connectivity index (χ3n) is 5.17. The Bertz CT molecular complexity index is 1270. The summed E-state index contributed by atoms with van der Waals surface area (Å²) in [6.07, 6.45) is 0. The van der Waals surface area contributed by atoms with Crippen molar-refractivity contribution in [3.05, 3.63) is 67.9 Å². The molecule has 3 rings (SSSR count). The van der Waals surface area contributed by atoms with Gasteiger partial charge in [-0.25, -0.2) is 19.4 Å². The van der Waals surface area contributed by atoms with Gasteiger partial charge in [0.1, 0.15) is 4.88 Å². The third-order valence-corrected chi connectivity index (χ3v) is 6.23. The van der Waals surface area contributed by atoms with Crippen LogP contribution in [-0.2, 0) is 14.2 Å². The van der Waals surface area contributed by atoms with Gasteiger partial charge in [0.15, 0.2) is 6.61 Å². The summed E-state index contributed by atoms with van der Waals surface area (Å²) in [4.78, 5) is 54.1. The second kappa shape index (κ2) is 10.0. The normalized spacial score (nSPS) is 10.6. The first kappa shape index (κ1) is 24.8. The van der Waals surface area contributed by atoms with Crippen LogP contribution in [0.2, 0.25) is 0 Å². The molecule has 1 aromatic carbocycles. The third kappa shape index (κ3) is 4.91. The van der Waals surface area contributed by atoms with Crippen LogP contribution in [0.5, 0.6) is 0 Å². The Morgan fingerprint density at radius 2 is 1.47 bits per heavy atom. The average molecular weight is 485 g/mol. The Labute approximate surface area is 200 Å². The second-order valence-electron chi connectivity index (χ2n) is 7.52. The number of benzene rings is 1. The van der Waals surface area contributed by atoms with Crippen molar-refractivity contribution in [2.45, 2.75) is 27.7 Å². The molecule has 0 N–H and O–H groups in total. The summed E-state index contributed by atoms with van der Waals surface area (Å²) in [6.45, 7) is 6.56. The molecule has 0 unspecified atom stereocenters. The van der Waals surface area contributed by atoms with Crippen molar-refractivity contribution in [3.63, 3.8) is 0 Å². The number of rotatable bonds is 7. The van der Waals surface area contributed by atoms with Gasteiger partial charge in [0, 0.05) is 22.6 Å². The van der Waals surface area contributed by atoms with Gasteiger partial charge in [0.25, 0.3) is 0 Å². The Morgan fingerprint density at radius 3 is 1.97 bits per heavy atom.